The summed E-state index contributed by atoms with van der Waals surface area (Å²) in [5.41, 5.74) is 6.23. The molecule has 0 aliphatic carbocycles. The SMILES string of the molecule is C=Cc1ccc(OCCCCN)cn1.CCC.[HH]. The number of hydrogen-bond donors (Lipinski definition) is 1. The van der Waals surface area contributed by atoms with Gasteiger partial charge in [-0.25, -0.2) is 0 Å². The number of unbranched alkanes of at least 4 members (excludes halogenated alkanes) is 1. The third kappa shape index (κ3) is 8.46. The lowest BCUT2D eigenvalue weighted by atomic mass is 10.3. The van der Waals surface area contributed by atoms with Crippen molar-refractivity contribution in [2.45, 2.75) is 33.1 Å². The molecule has 0 aliphatic heterocycles. The Labute approximate surface area is 106 Å². The number of ether oxygens (including phenoxy) is 1. The molecule has 0 aliphatic rings. The van der Waals surface area contributed by atoms with Crippen LogP contribution in [0.1, 0.15) is 40.2 Å². The van der Waals surface area contributed by atoms with Gasteiger partial charge in [0.2, 0.25) is 0 Å². The molecule has 0 atom stereocenters. The number of nitrogens with two attached hydrogens (primary N) is 1. The Bertz CT molecular complexity index is 288. The Balaban J connectivity index is 0. The van der Waals surface area contributed by atoms with Gasteiger partial charge >= 0.3 is 0 Å². The zero-order valence-electron chi connectivity index (χ0n) is 11.0. The van der Waals surface area contributed by atoms with Crippen molar-refractivity contribution in [1.29, 1.82) is 0 Å². The van der Waals surface area contributed by atoms with Crippen molar-refractivity contribution < 1.29 is 6.16 Å². The standard InChI is InChI=1S/C11H16N2O.C3H8.H2/c1-2-10-5-6-11(9-13-10)14-8-4-3-7-12;1-3-2;/h2,5-6,9H,1,3-4,7-8,12H2;3H2,1-2H3;1H. The lowest BCUT2D eigenvalue weighted by molar-refractivity contribution is 0.306. The van der Waals surface area contributed by atoms with Gasteiger partial charge < -0.3 is 10.5 Å². The normalized spacial score (nSPS) is 9.12. The average Bonchev–Trinajstić information content (AvgIpc) is 2.36. The Hall–Kier alpha value is -1.35. The van der Waals surface area contributed by atoms with Gasteiger partial charge in [-0.1, -0.05) is 26.8 Å². The second kappa shape index (κ2) is 11.1. The molecule has 1 aromatic heterocycles. The molecule has 2 N–H and O–H groups in total. The van der Waals surface area contributed by atoms with E-state index in [1.54, 1.807) is 12.3 Å². The Morgan fingerprint density at radius 1 is 1.41 bits per heavy atom. The average molecular weight is 238 g/mol. The Kier molecular flexibility index (Phi) is 10.3. The highest BCUT2D eigenvalue weighted by atomic mass is 16.5. The fourth-order valence-electron chi connectivity index (χ4n) is 1.03. The van der Waals surface area contributed by atoms with Gasteiger partial charge in [-0.05, 0) is 37.6 Å². The van der Waals surface area contributed by atoms with Crippen LogP contribution in [-0.4, -0.2) is 18.1 Å². The first-order valence-corrected chi connectivity index (χ1v) is 6.19. The van der Waals surface area contributed by atoms with Gasteiger partial charge in [0.15, 0.2) is 0 Å². The van der Waals surface area contributed by atoms with Crippen LogP contribution in [0.15, 0.2) is 24.9 Å². The molecule has 0 saturated carbocycles. The van der Waals surface area contributed by atoms with E-state index in [4.69, 9.17) is 10.5 Å². The first kappa shape index (κ1) is 15.7. The molecule has 0 unspecified atom stereocenters. The molecular formula is C14H26N2O. The molecule has 0 radical (unpaired) electrons. The molecule has 0 fully saturated rings. The number of rotatable bonds is 6. The maximum atomic E-state index is 5.46. The van der Waals surface area contributed by atoms with E-state index in [2.05, 4.69) is 25.4 Å². The third-order valence-electron chi connectivity index (χ3n) is 1.84. The minimum Gasteiger partial charge on any atom is -0.492 e. The van der Waals surface area contributed by atoms with Gasteiger partial charge in [-0.3, -0.25) is 4.98 Å². The monoisotopic (exact) mass is 238 g/mol. The molecule has 0 saturated heterocycles. The van der Waals surface area contributed by atoms with Crippen LogP contribution in [0, 0.1) is 0 Å². The predicted molar refractivity (Wildman–Crippen MR) is 76.2 cm³/mol. The van der Waals surface area contributed by atoms with Crippen LogP contribution in [0.4, 0.5) is 0 Å². The second-order valence-corrected chi connectivity index (χ2v) is 3.67. The van der Waals surface area contributed by atoms with Crippen molar-refractivity contribution in [3.63, 3.8) is 0 Å². The Morgan fingerprint density at radius 2 is 2.12 bits per heavy atom. The van der Waals surface area contributed by atoms with Gasteiger partial charge in [0.1, 0.15) is 5.75 Å². The Morgan fingerprint density at radius 3 is 2.59 bits per heavy atom. The summed E-state index contributed by atoms with van der Waals surface area (Å²) in [5.74, 6) is 0.799. The molecule has 17 heavy (non-hydrogen) atoms. The van der Waals surface area contributed by atoms with Crippen LogP contribution >= 0.6 is 0 Å². The molecule has 1 rings (SSSR count). The fraction of sp³-hybridized carbons (Fsp3) is 0.500. The zero-order valence-corrected chi connectivity index (χ0v) is 11.0. The maximum Gasteiger partial charge on any atom is 0.137 e. The predicted octanol–water partition coefficient (Wildman–Crippen LogP) is 3.50. The summed E-state index contributed by atoms with van der Waals surface area (Å²) in [5, 5.41) is 0. The van der Waals surface area contributed by atoms with Crippen molar-refractivity contribution in [1.82, 2.24) is 4.98 Å². The van der Waals surface area contributed by atoms with Crippen molar-refractivity contribution in [2.24, 2.45) is 5.73 Å². The first-order chi connectivity index (χ1) is 8.28. The first-order valence-electron chi connectivity index (χ1n) is 6.19. The van der Waals surface area contributed by atoms with Gasteiger partial charge in [0, 0.05) is 1.43 Å². The molecule has 0 amide bonds. The molecule has 0 bridgehead atoms. The quantitative estimate of drug-likeness (QED) is 0.772. The fourth-order valence-corrected chi connectivity index (χ4v) is 1.03. The van der Waals surface area contributed by atoms with E-state index in [9.17, 15) is 0 Å². The summed E-state index contributed by atoms with van der Waals surface area (Å²) >= 11 is 0. The summed E-state index contributed by atoms with van der Waals surface area (Å²) in [6.07, 6.45) is 6.65. The van der Waals surface area contributed by atoms with Gasteiger partial charge in [0.25, 0.3) is 0 Å². The van der Waals surface area contributed by atoms with Crippen LogP contribution in [0.25, 0.3) is 6.08 Å². The highest BCUT2D eigenvalue weighted by Gasteiger charge is 1.93. The van der Waals surface area contributed by atoms with E-state index in [0.29, 0.717) is 6.61 Å². The molecule has 3 heteroatoms. The largest absolute Gasteiger partial charge is 0.492 e. The van der Waals surface area contributed by atoms with Gasteiger partial charge in [0.05, 0.1) is 18.5 Å². The van der Waals surface area contributed by atoms with E-state index < -0.39 is 0 Å². The van der Waals surface area contributed by atoms with Crippen LogP contribution in [0.2, 0.25) is 0 Å². The number of aromatic nitrogens is 1. The van der Waals surface area contributed by atoms with Gasteiger partial charge in [-0.15, -0.1) is 0 Å². The van der Waals surface area contributed by atoms with Crippen molar-refractivity contribution >= 4 is 6.08 Å². The molecule has 3 nitrogen and oxygen atoms in total. The summed E-state index contributed by atoms with van der Waals surface area (Å²) in [4.78, 5) is 4.13. The highest BCUT2D eigenvalue weighted by Crippen LogP contribution is 2.09. The lowest BCUT2D eigenvalue weighted by Crippen LogP contribution is -2.03. The second-order valence-electron chi connectivity index (χ2n) is 3.67. The smallest absolute Gasteiger partial charge is 0.137 e. The van der Waals surface area contributed by atoms with E-state index >= 15 is 0 Å². The van der Waals surface area contributed by atoms with E-state index in [1.807, 2.05) is 12.1 Å². The van der Waals surface area contributed by atoms with Crippen molar-refractivity contribution in [3.8, 4) is 5.75 Å². The molecule has 0 spiro atoms. The van der Waals surface area contributed by atoms with E-state index in [1.165, 1.54) is 6.42 Å². The van der Waals surface area contributed by atoms with Crippen LogP contribution in [0.5, 0.6) is 5.75 Å². The molecular weight excluding hydrogens is 212 g/mol. The number of nitrogens with zero attached hydrogens (tertiary/aromatic N) is 1. The minimum atomic E-state index is 0. The van der Waals surface area contributed by atoms with Crippen molar-refractivity contribution in [3.05, 3.63) is 30.6 Å². The van der Waals surface area contributed by atoms with E-state index in [-0.39, 0.29) is 1.43 Å². The van der Waals surface area contributed by atoms with Gasteiger partial charge in [-0.2, -0.15) is 0 Å². The number of hydrogen-bond acceptors (Lipinski definition) is 3. The van der Waals surface area contributed by atoms with Crippen LogP contribution < -0.4 is 10.5 Å². The number of pyridine rings is 1. The molecule has 1 aromatic rings. The van der Waals surface area contributed by atoms with Crippen molar-refractivity contribution in [2.75, 3.05) is 13.2 Å². The molecule has 98 valence electrons. The topological polar surface area (TPSA) is 48.1 Å². The summed E-state index contributed by atoms with van der Waals surface area (Å²) in [7, 11) is 0. The minimum absolute atomic E-state index is 0. The third-order valence-corrected chi connectivity index (χ3v) is 1.84. The molecule has 0 aromatic carbocycles. The van der Waals surface area contributed by atoms with E-state index in [0.717, 1.165) is 30.8 Å². The lowest BCUT2D eigenvalue weighted by Gasteiger charge is -2.04. The summed E-state index contributed by atoms with van der Waals surface area (Å²) in [6.45, 7) is 9.30. The molecule has 1 heterocycles. The zero-order chi connectivity index (χ0) is 12.9. The van der Waals surface area contributed by atoms with Crippen LogP contribution in [0.3, 0.4) is 0 Å². The highest BCUT2D eigenvalue weighted by molar-refractivity contribution is 5.42. The summed E-state index contributed by atoms with van der Waals surface area (Å²) in [6, 6.07) is 3.78. The van der Waals surface area contributed by atoms with Crippen LogP contribution in [-0.2, 0) is 0 Å². The summed E-state index contributed by atoms with van der Waals surface area (Å²) < 4.78 is 5.46. The maximum absolute atomic E-state index is 5.46.